The summed E-state index contributed by atoms with van der Waals surface area (Å²) in [5.41, 5.74) is 2.27. The van der Waals surface area contributed by atoms with Crippen molar-refractivity contribution in [2.75, 3.05) is 0 Å². The van der Waals surface area contributed by atoms with E-state index in [0.29, 0.717) is 5.92 Å². The van der Waals surface area contributed by atoms with E-state index in [0.717, 1.165) is 17.1 Å². The molecule has 3 heteroatoms. The Hall–Kier alpha value is -1.25. The predicted octanol–water partition coefficient (Wildman–Crippen LogP) is 1.69. The lowest BCUT2D eigenvalue weighted by Crippen LogP contribution is -1.98. The first-order valence-corrected chi connectivity index (χ1v) is 3.64. The van der Waals surface area contributed by atoms with Crippen molar-refractivity contribution in [3.63, 3.8) is 0 Å². The summed E-state index contributed by atoms with van der Waals surface area (Å²) in [5.74, 6) is 1.23. The molecule has 0 bridgehead atoms. The van der Waals surface area contributed by atoms with Gasteiger partial charge in [0.05, 0.1) is 0 Å². The van der Waals surface area contributed by atoms with Gasteiger partial charge in [0.25, 0.3) is 0 Å². The fourth-order valence-corrected chi connectivity index (χ4v) is 1.22. The second kappa shape index (κ2) is 2.12. The van der Waals surface area contributed by atoms with Crippen LogP contribution in [-0.4, -0.2) is 15.7 Å². The number of rotatable bonds is 0. The van der Waals surface area contributed by atoms with Crippen LogP contribution in [0, 0.1) is 0 Å². The van der Waals surface area contributed by atoms with Crippen molar-refractivity contribution in [1.29, 1.82) is 0 Å². The number of fused-ring (bicyclic) bond motifs is 1. The number of aromatic nitrogens is 2. The molecule has 0 spiro atoms. The second-order valence-electron chi connectivity index (χ2n) is 2.78. The van der Waals surface area contributed by atoms with Crippen molar-refractivity contribution < 1.29 is 0 Å². The van der Waals surface area contributed by atoms with Gasteiger partial charge in [0.1, 0.15) is 6.33 Å². The van der Waals surface area contributed by atoms with Gasteiger partial charge in [-0.25, -0.2) is 15.0 Å². The number of nitrogens with zero attached hydrogens (tertiary/aromatic N) is 3. The summed E-state index contributed by atoms with van der Waals surface area (Å²) in [6.45, 7) is 4.14. The monoisotopic (exact) mass is 147 g/mol. The highest BCUT2D eigenvalue weighted by molar-refractivity contribution is 5.94. The van der Waals surface area contributed by atoms with E-state index in [1.165, 1.54) is 6.33 Å². The quantitative estimate of drug-likeness (QED) is 0.560. The van der Waals surface area contributed by atoms with Crippen LogP contribution < -0.4 is 0 Å². The van der Waals surface area contributed by atoms with Gasteiger partial charge in [0.2, 0.25) is 0 Å². The summed E-state index contributed by atoms with van der Waals surface area (Å²) < 4.78 is 0. The van der Waals surface area contributed by atoms with Crippen molar-refractivity contribution >= 4 is 11.5 Å². The highest BCUT2D eigenvalue weighted by atomic mass is 15.0. The van der Waals surface area contributed by atoms with E-state index in [1.807, 2.05) is 13.1 Å². The summed E-state index contributed by atoms with van der Waals surface area (Å²) in [7, 11) is 0. The molecular weight excluding hydrogens is 138 g/mol. The van der Waals surface area contributed by atoms with E-state index >= 15 is 0 Å². The average Bonchev–Trinajstić information content (AvgIpc) is 2.30. The van der Waals surface area contributed by atoms with Crippen LogP contribution in [0.1, 0.15) is 25.3 Å². The molecular formula is C8H9N3. The van der Waals surface area contributed by atoms with Crippen LogP contribution in [0.3, 0.4) is 0 Å². The first-order valence-electron chi connectivity index (χ1n) is 3.64. The smallest absolute Gasteiger partial charge is 0.158 e. The normalized spacial score (nSPS) is 21.3. The number of aliphatic imine (C=N–C) groups is 1. The predicted molar refractivity (Wildman–Crippen MR) is 43.2 cm³/mol. The van der Waals surface area contributed by atoms with Gasteiger partial charge >= 0.3 is 0 Å². The van der Waals surface area contributed by atoms with Crippen LogP contribution in [0.25, 0.3) is 0 Å². The van der Waals surface area contributed by atoms with Gasteiger partial charge in [0, 0.05) is 23.4 Å². The van der Waals surface area contributed by atoms with Gasteiger partial charge in [-0.05, 0) is 6.92 Å². The molecule has 1 aromatic rings. The van der Waals surface area contributed by atoms with Gasteiger partial charge in [-0.1, -0.05) is 6.92 Å². The third-order valence-corrected chi connectivity index (χ3v) is 2.09. The van der Waals surface area contributed by atoms with Crippen LogP contribution in [0.5, 0.6) is 0 Å². The lowest BCUT2D eigenvalue weighted by molar-refractivity contribution is 1.01. The maximum absolute atomic E-state index is 4.30. The van der Waals surface area contributed by atoms with E-state index in [9.17, 15) is 0 Å². The van der Waals surface area contributed by atoms with Crippen molar-refractivity contribution in [3.05, 3.63) is 18.1 Å². The van der Waals surface area contributed by atoms with E-state index in [1.54, 1.807) is 0 Å². The Balaban J connectivity index is 2.58. The molecule has 0 amide bonds. The highest BCUT2D eigenvalue weighted by Crippen LogP contribution is 2.31. The zero-order chi connectivity index (χ0) is 7.84. The fraction of sp³-hybridized carbons (Fsp3) is 0.375. The van der Waals surface area contributed by atoms with Gasteiger partial charge in [-0.2, -0.15) is 0 Å². The van der Waals surface area contributed by atoms with Crippen LogP contribution in [0.4, 0.5) is 5.82 Å². The molecule has 3 nitrogen and oxygen atoms in total. The van der Waals surface area contributed by atoms with Crippen molar-refractivity contribution in [2.24, 2.45) is 4.99 Å². The number of hydrogen-bond donors (Lipinski definition) is 0. The van der Waals surface area contributed by atoms with Crippen LogP contribution in [-0.2, 0) is 0 Å². The highest BCUT2D eigenvalue weighted by Gasteiger charge is 2.20. The van der Waals surface area contributed by atoms with Gasteiger partial charge in [0.15, 0.2) is 5.82 Å². The molecule has 0 fully saturated rings. The van der Waals surface area contributed by atoms with Gasteiger partial charge < -0.3 is 0 Å². The molecule has 1 aromatic heterocycles. The lowest BCUT2D eigenvalue weighted by Gasteiger charge is -2.01. The lowest BCUT2D eigenvalue weighted by atomic mass is 10.0. The molecule has 0 aromatic carbocycles. The standard InChI is InChI=1S/C8H9N3/c1-5-6(2)11-8-7(5)3-9-4-10-8/h3-5H,1-2H3. The first-order chi connectivity index (χ1) is 5.29. The maximum Gasteiger partial charge on any atom is 0.158 e. The van der Waals surface area contributed by atoms with Crippen molar-refractivity contribution in [2.45, 2.75) is 19.8 Å². The summed E-state index contributed by atoms with van der Waals surface area (Å²) >= 11 is 0. The molecule has 0 radical (unpaired) electrons. The van der Waals surface area contributed by atoms with E-state index in [-0.39, 0.29) is 0 Å². The fourth-order valence-electron chi connectivity index (χ4n) is 1.22. The minimum absolute atomic E-state index is 0.395. The zero-order valence-electron chi connectivity index (χ0n) is 6.57. The molecule has 0 N–H and O–H groups in total. The van der Waals surface area contributed by atoms with Crippen molar-refractivity contribution in [3.8, 4) is 0 Å². The van der Waals surface area contributed by atoms with E-state index < -0.39 is 0 Å². The van der Waals surface area contributed by atoms with Crippen LogP contribution in [0.2, 0.25) is 0 Å². The Bertz CT molecular complexity index is 317. The Morgan fingerprint density at radius 1 is 1.45 bits per heavy atom. The summed E-state index contributed by atoms with van der Waals surface area (Å²) in [5, 5.41) is 0. The molecule has 0 saturated carbocycles. The average molecular weight is 147 g/mol. The minimum atomic E-state index is 0.395. The topological polar surface area (TPSA) is 38.1 Å². The molecule has 56 valence electrons. The SMILES string of the molecule is CC1=Nc2ncncc2C1C. The molecule has 1 unspecified atom stereocenters. The zero-order valence-corrected chi connectivity index (χ0v) is 6.57. The molecule has 1 aliphatic heterocycles. The third-order valence-electron chi connectivity index (χ3n) is 2.09. The molecule has 1 atom stereocenters. The third kappa shape index (κ3) is 0.843. The Kier molecular flexibility index (Phi) is 1.24. The first kappa shape index (κ1) is 6.46. The summed E-state index contributed by atoms with van der Waals surface area (Å²) in [6.07, 6.45) is 3.38. The molecule has 2 heterocycles. The minimum Gasteiger partial charge on any atom is -0.244 e. The largest absolute Gasteiger partial charge is 0.244 e. The van der Waals surface area contributed by atoms with Crippen molar-refractivity contribution in [1.82, 2.24) is 9.97 Å². The molecule has 0 aliphatic carbocycles. The van der Waals surface area contributed by atoms with Gasteiger partial charge in [-0.3, -0.25) is 0 Å². The summed E-state index contributed by atoms with van der Waals surface area (Å²) in [4.78, 5) is 12.3. The van der Waals surface area contributed by atoms with E-state index in [2.05, 4.69) is 21.9 Å². The number of hydrogen-bond acceptors (Lipinski definition) is 3. The van der Waals surface area contributed by atoms with Crippen LogP contribution in [0.15, 0.2) is 17.5 Å². The Morgan fingerprint density at radius 3 is 3.00 bits per heavy atom. The second-order valence-corrected chi connectivity index (χ2v) is 2.78. The summed E-state index contributed by atoms with van der Waals surface area (Å²) in [6, 6.07) is 0. The van der Waals surface area contributed by atoms with Gasteiger partial charge in [-0.15, -0.1) is 0 Å². The molecule has 1 aliphatic rings. The van der Waals surface area contributed by atoms with E-state index in [4.69, 9.17) is 0 Å². The van der Waals surface area contributed by atoms with Crippen LogP contribution >= 0.6 is 0 Å². The Morgan fingerprint density at radius 2 is 2.27 bits per heavy atom. The maximum atomic E-state index is 4.30. The molecule has 11 heavy (non-hydrogen) atoms. The Labute approximate surface area is 65.2 Å². The molecule has 2 rings (SSSR count). The molecule has 0 saturated heterocycles.